The number of esters is 1. The van der Waals surface area contributed by atoms with Crippen molar-refractivity contribution in [3.05, 3.63) is 71.5 Å². The number of quaternary nitrogens is 1. The molecule has 1 fully saturated rings. The maximum absolute atomic E-state index is 13.3. The molecule has 3 rings (SSSR count). The first-order valence-corrected chi connectivity index (χ1v) is 8.77. The summed E-state index contributed by atoms with van der Waals surface area (Å²) < 4.78 is 20.1. The Balaban J connectivity index is 0.00000243. The molecule has 0 spiro atoms. The van der Waals surface area contributed by atoms with E-state index in [0.29, 0.717) is 0 Å². The van der Waals surface area contributed by atoms with Crippen molar-refractivity contribution in [2.24, 2.45) is 0 Å². The van der Waals surface area contributed by atoms with Crippen LogP contribution in [0, 0.1) is 5.82 Å². The summed E-state index contributed by atoms with van der Waals surface area (Å²) in [6, 6.07) is 15.6. The van der Waals surface area contributed by atoms with Crippen molar-refractivity contribution in [2.75, 3.05) is 27.2 Å². The van der Waals surface area contributed by atoms with Gasteiger partial charge in [-0.05, 0) is 23.3 Å². The molecule has 0 aliphatic carbocycles. The van der Waals surface area contributed by atoms with Gasteiger partial charge in [0.1, 0.15) is 17.8 Å². The topological polar surface area (TPSA) is 26.3 Å². The average molecular weight is 469 g/mol. The van der Waals surface area contributed by atoms with Crippen LogP contribution >= 0.6 is 0 Å². The summed E-state index contributed by atoms with van der Waals surface area (Å²) in [5.74, 6) is -1.09. The molecule has 1 heterocycles. The molecule has 2 aromatic carbocycles. The monoisotopic (exact) mass is 469 g/mol. The molecule has 1 aliphatic heterocycles. The van der Waals surface area contributed by atoms with Gasteiger partial charge in [-0.1, -0.05) is 42.5 Å². The molecular weight excluding hydrogens is 444 g/mol. The molecule has 1 atom stereocenters. The number of piperidine rings is 1. The summed E-state index contributed by atoms with van der Waals surface area (Å²) in [5, 5.41) is 0. The zero-order valence-electron chi connectivity index (χ0n) is 15.2. The van der Waals surface area contributed by atoms with E-state index in [1.54, 1.807) is 12.1 Å². The minimum atomic E-state index is -0.522. The Morgan fingerprint density at radius 3 is 2.12 bits per heavy atom. The van der Waals surface area contributed by atoms with Crippen LogP contribution in [0.1, 0.15) is 29.9 Å². The van der Waals surface area contributed by atoms with Crippen LogP contribution in [0.5, 0.6) is 0 Å². The van der Waals surface area contributed by atoms with Gasteiger partial charge in [-0.2, -0.15) is 0 Å². The summed E-state index contributed by atoms with van der Waals surface area (Å²) in [5.41, 5.74) is 1.62. The zero-order valence-corrected chi connectivity index (χ0v) is 17.4. The first-order chi connectivity index (χ1) is 11.9. The molecule has 1 unspecified atom stereocenters. The predicted octanol–water partition coefficient (Wildman–Crippen LogP) is 0.744. The van der Waals surface area contributed by atoms with E-state index in [1.165, 1.54) is 12.1 Å². The Morgan fingerprint density at radius 1 is 1.00 bits per heavy atom. The van der Waals surface area contributed by atoms with E-state index in [2.05, 4.69) is 14.1 Å². The molecule has 26 heavy (non-hydrogen) atoms. The lowest BCUT2D eigenvalue weighted by atomic mass is 9.91. The fraction of sp³-hybridized carbons (Fsp3) is 0.381. The van der Waals surface area contributed by atoms with Crippen molar-refractivity contribution >= 4 is 5.97 Å². The Morgan fingerprint density at radius 2 is 1.54 bits per heavy atom. The fourth-order valence-electron chi connectivity index (χ4n) is 3.36. The summed E-state index contributed by atoms with van der Waals surface area (Å²) in [4.78, 5) is 12.9. The lowest BCUT2D eigenvalue weighted by Crippen LogP contribution is -3.00. The molecule has 140 valence electrons. The van der Waals surface area contributed by atoms with Crippen LogP contribution in [0.3, 0.4) is 0 Å². The van der Waals surface area contributed by atoms with Gasteiger partial charge < -0.3 is 33.2 Å². The standard InChI is InChI=1S/C21H25FNO2.HI/c1-23(2)14-12-19(13-15-23)25-21(24)20(16-6-4-3-5-7-16)17-8-10-18(22)11-9-17;/h3-11,19-20H,12-15H2,1-2H3;1H/q+1;/p-1. The van der Waals surface area contributed by atoms with Gasteiger partial charge in [0.15, 0.2) is 0 Å². The summed E-state index contributed by atoms with van der Waals surface area (Å²) in [6.45, 7) is 2.01. The van der Waals surface area contributed by atoms with Gasteiger partial charge in [0.2, 0.25) is 0 Å². The number of ether oxygens (including phenoxy) is 1. The normalized spacial score (nSPS) is 17.8. The summed E-state index contributed by atoms with van der Waals surface area (Å²) in [7, 11) is 4.40. The molecule has 0 aromatic heterocycles. The number of carbonyl (C=O) groups is 1. The first kappa shape index (κ1) is 20.8. The predicted molar refractivity (Wildman–Crippen MR) is 95.6 cm³/mol. The summed E-state index contributed by atoms with van der Waals surface area (Å²) in [6.07, 6.45) is 1.72. The molecule has 3 nitrogen and oxygen atoms in total. The van der Waals surface area contributed by atoms with Crippen LogP contribution < -0.4 is 24.0 Å². The van der Waals surface area contributed by atoms with Gasteiger partial charge in [0, 0.05) is 12.8 Å². The van der Waals surface area contributed by atoms with Crippen LogP contribution in [0.15, 0.2) is 54.6 Å². The molecular formula is C21H25FINO2. The quantitative estimate of drug-likeness (QED) is 0.376. The lowest BCUT2D eigenvalue weighted by molar-refractivity contribution is -0.896. The maximum Gasteiger partial charge on any atom is 0.318 e. The van der Waals surface area contributed by atoms with Crippen LogP contribution in [0.25, 0.3) is 0 Å². The number of halogens is 2. The van der Waals surface area contributed by atoms with Gasteiger partial charge >= 0.3 is 5.97 Å². The van der Waals surface area contributed by atoms with Crippen molar-refractivity contribution in [1.29, 1.82) is 0 Å². The van der Waals surface area contributed by atoms with E-state index in [4.69, 9.17) is 4.74 Å². The number of hydrogen-bond donors (Lipinski definition) is 0. The highest BCUT2D eigenvalue weighted by molar-refractivity contribution is 5.82. The van der Waals surface area contributed by atoms with E-state index in [1.807, 2.05) is 30.3 Å². The Labute approximate surface area is 171 Å². The molecule has 0 amide bonds. The highest BCUT2D eigenvalue weighted by Crippen LogP contribution is 2.28. The largest absolute Gasteiger partial charge is 1.00 e. The lowest BCUT2D eigenvalue weighted by Gasteiger charge is -2.37. The molecule has 0 radical (unpaired) electrons. The highest BCUT2D eigenvalue weighted by Gasteiger charge is 2.31. The Bertz CT molecular complexity index is 709. The first-order valence-electron chi connectivity index (χ1n) is 8.77. The Hall–Kier alpha value is -1.47. The van der Waals surface area contributed by atoms with Gasteiger partial charge in [-0.15, -0.1) is 0 Å². The molecule has 0 N–H and O–H groups in total. The van der Waals surface area contributed by atoms with E-state index in [-0.39, 0.29) is 41.9 Å². The number of hydrogen-bond acceptors (Lipinski definition) is 2. The zero-order chi connectivity index (χ0) is 17.9. The fourth-order valence-corrected chi connectivity index (χ4v) is 3.36. The van der Waals surface area contributed by atoms with Crippen LogP contribution in [-0.4, -0.2) is 43.7 Å². The van der Waals surface area contributed by atoms with E-state index < -0.39 is 5.92 Å². The minimum Gasteiger partial charge on any atom is -1.00 e. The minimum absolute atomic E-state index is 0. The van der Waals surface area contributed by atoms with Crippen molar-refractivity contribution in [1.82, 2.24) is 0 Å². The number of benzene rings is 2. The third kappa shape index (κ3) is 5.27. The molecule has 5 heteroatoms. The molecule has 2 aromatic rings. The SMILES string of the molecule is C[N+]1(C)CCC(OC(=O)C(c2ccccc2)c2ccc(F)cc2)CC1.[I-]. The van der Waals surface area contributed by atoms with Crippen LogP contribution in [-0.2, 0) is 9.53 Å². The second-order valence-electron chi connectivity index (χ2n) is 7.41. The van der Waals surface area contributed by atoms with Gasteiger partial charge in [-0.25, -0.2) is 4.39 Å². The maximum atomic E-state index is 13.3. The number of nitrogens with zero attached hydrogens (tertiary/aromatic N) is 1. The average Bonchev–Trinajstić information content (AvgIpc) is 2.60. The highest BCUT2D eigenvalue weighted by atomic mass is 127. The number of carbonyl (C=O) groups excluding carboxylic acids is 1. The van der Waals surface area contributed by atoms with Crippen molar-refractivity contribution in [3.8, 4) is 0 Å². The van der Waals surface area contributed by atoms with Gasteiger partial charge in [-0.3, -0.25) is 4.79 Å². The molecule has 0 bridgehead atoms. The van der Waals surface area contributed by atoms with Crippen LogP contribution in [0.4, 0.5) is 4.39 Å². The van der Waals surface area contributed by atoms with Crippen LogP contribution in [0.2, 0.25) is 0 Å². The second-order valence-corrected chi connectivity index (χ2v) is 7.41. The smallest absolute Gasteiger partial charge is 0.318 e. The van der Waals surface area contributed by atoms with E-state index in [9.17, 15) is 9.18 Å². The Kier molecular flexibility index (Phi) is 7.17. The second kappa shape index (κ2) is 8.95. The third-order valence-corrected chi connectivity index (χ3v) is 4.97. The number of likely N-dealkylation sites (tertiary alicyclic amines) is 1. The van der Waals surface area contributed by atoms with E-state index in [0.717, 1.165) is 41.5 Å². The number of rotatable bonds is 4. The van der Waals surface area contributed by atoms with Gasteiger partial charge in [0.05, 0.1) is 27.2 Å². The molecule has 1 aliphatic rings. The van der Waals surface area contributed by atoms with Crippen molar-refractivity contribution in [2.45, 2.75) is 24.9 Å². The van der Waals surface area contributed by atoms with Crippen molar-refractivity contribution in [3.63, 3.8) is 0 Å². The third-order valence-electron chi connectivity index (χ3n) is 4.97. The molecule has 0 saturated carbocycles. The van der Waals surface area contributed by atoms with Gasteiger partial charge in [0.25, 0.3) is 0 Å². The summed E-state index contributed by atoms with van der Waals surface area (Å²) >= 11 is 0. The van der Waals surface area contributed by atoms with Crippen molar-refractivity contribution < 1.29 is 42.4 Å². The van der Waals surface area contributed by atoms with E-state index >= 15 is 0 Å². The molecule has 1 saturated heterocycles.